The minimum absolute atomic E-state index is 0.0654. The lowest BCUT2D eigenvalue weighted by Gasteiger charge is -2.23. The number of carbonyl (C=O) groups excluding carboxylic acids is 1. The minimum Gasteiger partial charge on any atom is -0.497 e. The summed E-state index contributed by atoms with van der Waals surface area (Å²) in [6.45, 7) is 0.0654. The summed E-state index contributed by atoms with van der Waals surface area (Å²) in [5.41, 5.74) is 2.14. The zero-order valence-corrected chi connectivity index (χ0v) is 19.1. The van der Waals surface area contributed by atoms with Crippen LogP contribution in [0, 0.1) is 0 Å². The molecule has 3 aromatic rings. The second kappa shape index (κ2) is 9.60. The second-order valence-electron chi connectivity index (χ2n) is 6.78. The van der Waals surface area contributed by atoms with E-state index in [2.05, 4.69) is 5.32 Å². The van der Waals surface area contributed by atoms with Crippen LogP contribution in [0.2, 0.25) is 10.0 Å². The SMILES string of the molecule is COc1ccc(NC(=O)c2ccc(CN(c3cc(Cl)cc(Cl)c3)S(C)(=O)=O)cc2)cc1. The van der Waals surface area contributed by atoms with Crippen molar-refractivity contribution in [3.8, 4) is 5.75 Å². The number of nitrogens with zero attached hydrogens (tertiary/aromatic N) is 1. The summed E-state index contributed by atoms with van der Waals surface area (Å²) in [7, 11) is -2.03. The Kier molecular flexibility index (Phi) is 7.10. The number of hydrogen-bond donors (Lipinski definition) is 1. The van der Waals surface area contributed by atoms with Gasteiger partial charge in [-0.25, -0.2) is 8.42 Å². The van der Waals surface area contributed by atoms with Gasteiger partial charge in [0.05, 0.1) is 25.6 Å². The third kappa shape index (κ3) is 6.13. The molecule has 6 nitrogen and oxygen atoms in total. The van der Waals surface area contributed by atoms with E-state index in [4.69, 9.17) is 27.9 Å². The highest BCUT2D eigenvalue weighted by Crippen LogP contribution is 2.28. The number of anilines is 2. The highest BCUT2D eigenvalue weighted by atomic mass is 35.5. The number of amides is 1. The molecule has 0 saturated heterocycles. The number of carbonyl (C=O) groups is 1. The standard InChI is InChI=1S/C22H20Cl2N2O4S/c1-30-21-9-7-19(8-10-21)25-22(27)16-5-3-15(4-6-16)14-26(31(2,28)29)20-12-17(23)11-18(24)13-20/h3-13H,14H2,1-2H3,(H,25,27). The zero-order valence-electron chi connectivity index (χ0n) is 16.8. The zero-order chi connectivity index (χ0) is 22.6. The Hall–Kier alpha value is -2.74. The van der Waals surface area contributed by atoms with Gasteiger partial charge < -0.3 is 10.1 Å². The largest absolute Gasteiger partial charge is 0.497 e. The number of benzene rings is 3. The van der Waals surface area contributed by atoms with Crippen molar-refractivity contribution in [2.24, 2.45) is 0 Å². The van der Waals surface area contributed by atoms with Crippen molar-refractivity contribution in [1.82, 2.24) is 0 Å². The first kappa shape index (κ1) is 22.9. The third-order valence-corrected chi connectivity index (χ3v) is 6.00. The summed E-state index contributed by atoms with van der Waals surface area (Å²) in [4.78, 5) is 12.5. The molecule has 0 radical (unpaired) electrons. The summed E-state index contributed by atoms with van der Waals surface area (Å²) >= 11 is 12.1. The molecule has 1 N–H and O–H groups in total. The average molecular weight is 479 g/mol. The first-order valence-electron chi connectivity index (χ1n) is 9.14. The summed E-state index contributed by atoms with van der Waals surface area (Å²) in [6.07, 6.45) is 1.11. The van der Waals surface area contributed by atoms with Gasteiger partial charge in [0, 0.05) is 21.3 Å². The molecule has 0 aromatic heterocycles. The molecule has 3 aromatic carbocycles. The molecule has 0 fully saturated rings. The summed E-state index contributed by atoms with van der Waals surface area (Å²) in [5.74, 6) is 0.414. The quantitative estimate of drug-likeness (QED) is 0.504. The van der Waals surface area contributed by atoms with Crippen LogP contribution in [-0.4, -0.2) is 27.7 Å². The predicted octanol–water partition coefficient (Wildman–Crippen LogP) is 5.22. The molecule has 0 bridgehead atoms. The maximum absolute atomic E-state index is 12.5. The number of nitrogens with one attached hydrogen (secondary N) is 1. The van der Waals surface area contributed by atoms with Gasteiger partial charge in [0.1, 0.15) is 5.75 Å². The normalized spacial score (nSPS) is 11.1. The summed E-state index contributed by atoms with van der Waals surface area (Å²) in [6, 6.07) is 18.3. The molecule has 162 valence electrons. The molecule has 0 atom stereocenters. The fraction of sp³-hybridized carbons (Fsp3) is 0.136. The van der Waals surface area contributed by atoms with E-state index < -0.39 is 10.0 Å². The van der Waals surface area contributed by atoms with Crippen molar-refractivity contribution in [3.05, 3.63) is 87.9 Å². The lowest BCUT2D eigenvalue weighted by molar-refractivity contribution is 0.102. The molecular formula is C22H20Cl2N2O4S. The molecule has 31 heavy (non-hydrogen) atoms. The average Bonchev–Trinajstić information content (AvgIpc) is 2.71. The van der Waals surface area contributed by atoms with E-state index in [1.165, 1.54) is 22.5 Å². The van der Waals surface area contributed by atoms with Crippen molar-refractivity contribution in [2.75, 3.05) is 23.0 Å². The van der Waals surface area contributed by atoms with E-state index in [0.717, 1.165) is 6.26 Å². The molecule has 0 aliphatic rings. The van der Waals surface area contributed by atoms with Gasteiger partial charge in [0.25, 0.3) is 5.91 Å². The van der Waals surface area contributed by atoms with Crippen LogP contribution >= 0.6 is 23.2 Å². The maximum atomic E-state index is 12.5. The Morgan fingerprint density at radius 1 is 0.968 bits per heavy atom. The van der Waals surface area contributed by atoms with Crippen LogP contribution in [0.3, 0.4) is 0 Å². The van der Waals surface area contributed by atoms with Crippen LogP contribution in [0.15, 0.2) is 66.7 Å². The smallest absolute Gasteiger partial charge is 0.255 e. The topological polar surface area (TPSA) is 75.7 Å². The van der Waals surface area contributed by atoms with Gasteiger partial charge in [0.2, 0.25) is 10.0 Å². The van der Waals surface area contributed by atoms with Crippen LogP contribution in [0.5, 0.6) is 5.75 Å². The van der Waals surface area contributed by atoms with E-state index in [1.807, 2.05) is 0 Å². The molecule has 3 rings (SSSR count). The fourth-order valence-corrected chi connectivity index (χ4v) is 4.27. The number of halogens is 2. The van der Waals surface area contributed by atoms with Crippen LogP contribution in [-0.2, 0) is 16.6 Å². The summed E-state index contributed by atoms with van der Waals surface area (Å²) < 4.78 is 31.0. The van der Waals surface area contributed by atoms with E-state index in [-0.39, 0.29) is 12.5 Å². The van der Waals surface area contributed by atoms with E-state index >= 15 is 0 Å². The van der Waals surface area contributed by atoms with Gasteiger partial charge in [-0.2, -0.15) is 0 Å². The van der Waals surface area contributed by atoms with Crippen molar-refractivity contribution < 1.29 is 17.9 Å². The summed E-state index contributed by atoms with van der Waals surface area (Å²) in [5, 5.41) is 3.47. The van der Waals surface area contributed by atoms with E-state index in [0.29, 0.717) is 38.3 Å². The van der Waals surface area contributed by atoms with Gasteiger partial charge in [-0.15, -0.1) is 0 Å². The van der Waals surface area contributed by atoms with Crippen LogP contribution in [0.4, 0.5) is 11.4 Å². The first-order valence-corrected chi connectivity index (χ1v) is 11.7. The number of sulfonamides is 1. The van der Waals surface area contributed by atoms with Gasteiger partial charge in [0.15, 0.2) is 0 Å². The van der Waals surface area contributed by atoms with E-state index in [9.17, 15) is 13.2 Å². The Morgan fingerprint density at radius 3 is 2.06 bits per heavy atom. The monoisotopic (exact) mass is 478 g/mol. The van der Waals surface area contributed by atoms with Crippen LogP contribution < -0.4 is 14.4 Å². The van der Waals surface area contributed by atoms with Crippen LogP contribution in [0.1, 0.15) is 15.9 Å². The highest BCUT2D eigenvalue weighted by Gasteiger charge is 2.19. The number of methoxy groups -OCH3 is 1. The third-order valence-electron chi connectivity index (χ3n) is 4.43. The van der Waals surface area contributed by atoms with Crippen LogP contribution in [0.25, 0.3) is 0 Å². The van der Waals surface area contributed by atoms with Crippen molar-refractivity contribution in [1.29, 1.82) is 0 Å². The molecule has 0 unspecified atom stereocenters. The maximum Gasteiger partial charge on any atom is 0.255 e. The lowest BCUT2D eigenvalue weighted by atomic mass is 10.1. The second-order valence-corrected chi connectivity index (χ2v) is 9.56. The molecule has 0 spiro atoms. The molecule has 1 amide bonds. The Morgan fingerprint density at radius 2 is 1.55 bits per heavy atom. The van der Waals surface area contributed by atoms with E-state index in [1.54, 1.807) is 55.6 Å². The van der Waals surface area contributed by atoms with Gasteiger partial charge in [-0.1, -0.05) is 35.3 Å². The lowest BCUT2D eigenvalue weighted by Crippen LogP contribution is -2.29. The van der Waals surface area contributed by atoms with Crippen molar-refractivity contribution in [2.45, 2.75) is 6.54 Å². The molecular weight excluding hydrogens is 459 g/mol. The molecule has 0 heterocycles. The number of ether oxygens (including phenoxy) is 1. The Balaban J connectivity index is 1.76. The van der Waals surface area contributed by atoms with Crippen molar-refractivity contribution in [3.63, 3.8) is 0 Å². The fourth-order valence-electron chi connectivity index (χ4n) is 2.89. The predicted molar refractivity (Wildman–Crippen MR) is 125 cm³/mol. The Labute approximate surface area is 191 Å². The van der Waals surface area contributed by atoms with Gasteiger partial charge in [-0.05, 0) is 60.2 Å². The molecule has 9 heteroatoms. The molecule has 0 aliphatic carbocycles. The molecule has 0 aliphatic heterocycles. The molecule has 0 saturated carbocycles. The Bertz CT molecular complexity index is 1160. The minimum atomic E-state index is -3.60. The highest BCUT2D eigenvalue weighted by molar-refractivity contribution is 7.92. The van der Waals surface area contributed by atoms with Gasteiger partial charge >= 0.3 is 0 Å². The van der Waals surface area contributed by atoms with Crippen molar-refractivity contribution >= 4 is 50.5 Å². The van der Waals surface area contributed by atoms with Gasteiger partial charge in [-0.3, -0.25) is 9.10 Å². The first-order chi connectivity index (χ1) is 14.7. The number of rotatable bonds is 7. The number of hydrogen-bond acceptors (Lipinski definition) is 4.